The Morgan fingerprint density at radius 1 is 1.22 bits per heavy atom. The molecule has 6 nitrogen and oxygen atoms in total. The quantitative estimate of drug-likeness (QED) is 0.738. The number of aromatic amines is 1. The molecule has 2 heterocycles. The van der Waals surface area contributed by atoms with E-state index in [0.29, 0.717) is 34.6 Å². The number of nitrogens with one attached hydrogen (secondary N) is 1. The number of fused-ring (bicyclic) bond motifs is 2. The van der Waals surface area contributed by atoms with Crippen molar-refractivity contribution in [3.63, 3.8) is 0 Å². The molecule has 1 amide bonds. The van der Waals surface area contributed by atoms with E-state index in [1.54, 1.807) is 25.2 Å². The molecular formula is C19H16F2N2O4. The van der Waals surface area contributed by atoms with Crippen LogP contribution in [-0.2, 0) is 6.54 Å². The topological polar surface area (TPSA) is 63.8 Å². The summed E-state index contributed by atoms with van der Waals surface area (Å²) in [4.78, 5) is 17.2. The molecule has 0 atom stereocenters. The predicted octanol–water partition coefficient (Wildman–Crippen LogP) is 3.77. The fraction of sp³-hybridized carbons (Fsp3) is 0.211. The van der Waals surface area contributed by atoms with Gasteiger partial charge in [-0.2, -0.15) is 8.78 Å². The maximum Gasteiger partial charge on any atom is 0.387 e. The van der Waals surface area contributed by atoms with E-state index in [1.165, 1.54) is 17.0 Å². The van der Waals surface area contributed by atoms with Crippen LogP contribution in [0.4, 0.5) is 8.78 Å². The van der Waals surface area contributed by atoms with Gasteiger partial charge in [-0.05, 0) is 35.9 Å². The summed E-state index contributed by atoms with van der Waals surface area (Å²) in [6.07, 6.45) is 0. The molecular weight excluding hydrogens is 358 g/mol. The standard InChI is InChI=1S/C19H16F2N2O4/c1-23(9-11-5-6-16-17(7-11)26-10-25-16)18(24)14-8-12-13(22-14)3-2-4-15(12)27-19(20)21/h2-8,19,22H,9-10H2,1H3. The fourth-order valence-corrected chi connectivity index (χ4v) is 3.03. The van der Waals surface area contributed by atoms with Gasteiger partial charge in [0, 0.05) is 24.5 Å². The summed E-state index contributed by atoms with van der Waals surface area (Å²) in [6, 6.07) is 11.7. The number of hydrogen-bond acceptors (Lipinski definition) is 4. The van der Waals surface area contributed by atoms with Gasteiger partial charge in [0.25, 0.3) is 5.91 Å². The van der Waals surface area contributed by atoms with Gasteiger partial charge in [0.1, 0.15) is 11.4 Å². The Balaban J connectivity index is 1.55. The third-order valence-corrected chi connectivity index (χ3v) is 4.27. The fourth-order valence-electron chi connectivity index (χ4n) is 3.03. The SMILES string of the molecule is CN(Cc1ccc2c(c1)OCO2)C(=O)c1cc2c(OC(F)F)cccc2[nH]1. The lowest BCUT2D eigenvalue weighted by molar-refractivity contribution is -0.0487. The number of aromatic nitrogens is 1. The van der Waals surface area contributed by atoms with Crippen LogP contribution in [0.25, 0.3) is 10.9 Å². The van der Waals surface area contributed by atoms with Gasteiger partial charge in [0.2, 0.25) is 6.79 Å². The molecule has 0 spiro atoms. The highest BCUT2D eigenvalue weighted by Crippen LogP contribution is 2.33. The number of benzene rings is 2. The highest BCUT2D eigenvalue weighted by Gasteiger charge is 2.19. The third kappa shape index (κ3) is 3.38. The summed E-state index contributed by atoms with van der Waals surface area (Å²) in [5, 5.41) is 0.428. The van der Waals surface area contributed by atoms with Crippen molar-refractivity contribution in [3.05, 3.63) is 53.7 Å². The summed E-state index contributed by atoms with van der Waals surface area (Å²) >= 11 is 0. The maximum atomic E-state index is 12.7. The molecule has 2 aromatic carbocycles. The third-order valence-electron chi connectivity index (χ3n) is 4.27. The number of H-pyrrole nitrogens is 1. The van der Waals surface area contributed by atoms with Crippen LogP contribution in [0.2, 0.25) is 0 Å². The van der Waals surface area contributed by atoms with Crippen LogP contribution in [0.1, 0.15) is 16.1 Å². The van der Waals surface area contributed by atoms with Crippen molar-refractivity contribution in [1.82, 2.24) is 9.88 Å². The first-order valence-electron chi connectivity index (χ1n) is 8.22. The molecule has 0 aliphatic carbocycles. The van der Waals surface area contributed by atoms with Crippen molar-refractivity contribution in [2.75, 3.05) is 13.8 Å². The second-order valence-corrected chi connectivity index (χ2v) is 6.13. The maximum absolute atomic E-state index is 12.7. The van der Waals surface area contributed by atoms with E-state index in [-0.39, 0.29) is 18.4 Å². The summed E-state index contributed by atoms with van der Waals surface area (Å²) in [7, 11) is 1.66. The molecule has 1 aromatic heterocycles. The molecule has 0 fully saturated rings. The van der Waals surface area contributed by atoms with Gasteiger partial charge in [-0.1, -0.05) is 12.1 Å². The molecule has 0 bridgehead atoms. The number of nitrogens with zero attached hydrogens (tertiary/aromatic N) is 1. The molecule has 140 valence electrons. The first-order valence-corrected chi connectivity index (χ1v) is 8.22. The molecule has 0 radical (unpaired) electrons. The number of ether oxygens (including phenoxy) is 3. The van der Waals surface area contributed by atoms with Gasteiger partial charge in [0.15, 0.2) is 11.5 Å². The number of hydrogen-bond donors (Lipinski definition) is 1. The molecule has 1 N–H and O–H groups in total. The Bertz CT molecular complexity index is 1000. The van der Waals surface area contributed by atoms with Crippen LogP contribution in [0.5, 0.6) is 17.2 Å². The van der Waals surface area contributed by atoms with Crippen molar-refractivity contribution in [2.24, 2.45) is 0 Å². The Kier molecular flexibility index (Phi) is 4.31. The second-order valence-electron chi connectivity index (χ2n) is 6.13. The largest absolute Gasteiger partial charge is 0.454 e. The highest BCUT2D eigenvalue weighted by molar-refractivity contribution is 5.99. The lowest BCUT2D eigenvalue weighted by Gasteiger charge is -2.16. The van der Waals surface area contributed by atoms with E-state index >= 15 is 0 Å². The molecule has 1 aliphatic heterocycles. The van der Waals surface area contributed by atoms with Gasteiger partial charge in [-0.25, -0.2) is 0 Å². The van der Waals surface area contributed by atoms with E-state index in [2.05, 4.69) is 9.72 Å². The molecule has 0 saturated carbocycles. The summed E-state index contributed by atoms with van der Waals surface area (Å²) in [6.45, 7) is -2.39. The Morgan fingerprint density at radius 2 is 2.04 bits per heavy atom. The first kappa shape index (κ1) is 17.1. The van der Waals surface area contributed by atoms with Gasteiger partial charge in [-0.15, -0.1) is 0 Å². The zero-order valence-corrected chi connectivity index (χ0v) is 14.4. The zero-order valence-electron chi connectivity index (χ0n) is 14.4. The van der Waals surface area contributed by atoms with Crippen LogP contribution in [0.3, 0.4) is 0 Å². The number of amides is 1. The minimum atomic E-state index is -2.93. The minimum absolute atomic E-state index is 0.0243. The second kappa shape index (κ2) is 6.79. The van der Waals surface area contributed by atoms with Crippen molar-refractivity contribution >= 4 is 16.8 Å². The molecule has 8 heteroatoms. The minimum Gasteiger partial charge on any atom is -0.454 e. The monoisotopic (exact) mass is 374 g/mol. The normalized spacial score (nSPS) is 12.6. The van der Waals surface area contributed by atoms with Crippen molar-refractivity contribution in [3.8, 4) is 17.2 Å². The van der Waals surface area contributed by atoms with Crippen LogP contribution in [0, 0.1) is 0 Å². The number of alkyl halides is 2. The van der Waals surface area contributed by atoms with Gasteiger partial charge < -0.3 is 24.1 Å². The number of halogens is 2. The summed E-state index contributed by atoms with van der Waals surface area (Å²) < 4.78 is 40.2. The molecule has 0 unspecified atom stereocenters. The van der Waals surface area contributed by atoms with Gasteiger partial charge >= 0.3 is 6.61 Å². The molecule has 4 rings (SSSR count). The number of carbonyl (C=O) groups excluding carboxylic acids is 1. The predicted molar refractivity (Wildman–Crippen MR) is 93.3 cm³/mol. The van der Waals surface area contributed by atoms with E-state index in [4.69, 9.17) is 9.47 Å². The van der Waals surface area contributed by atoms with Crippen LogP contribution >= 0.6 is 0 Å². The van der Waals surface area contributed by atoms with Crippen molar-refractivity contribution in [1.29, 1.82) is 0 Å². The average Bonchev–Trinajstić information content (AvgIpc) is 3.27. The van der Waals surface area contributed by atoms with Crippen molar-refractivity contribution in [2.45, 2.75) is 13.2 Å². The Hall–Kier alpha value is -3.29. The van der Waals surface area contributed by atoms with Crippen molar-refractivity contribution < 1.29 is 27.8 Å². The van der Waals surface area contributed by atoms with E-state index in [9.17, 15) is 13.6 Å². The average molecular weight is 374 g/mol. The Morgan fingerprint density at radius 3 is 2.85 bits per heavy atom. The van der Waals surface area contributed by atoms with Crippen LogP contribution < -0.4 is 14.2 Å². The summed E-state index contributed by atoms with van der Waals surface area (Å²) in [5.74, 6) is 1.07. The first-order chi connectivity index (χ1) is 13.0. The smallest absolute Gasteiger partial charge is 0.387 e. The number of rotatable bonds is 5. The lowest BCUT2D eigenvalue weighted by Crippen LogP contribution is -2.26. The summed E-state index contributed by atoms with van der Waals surface area (Å²) in [5.41, 5.74) is 1.72. The molecule has 27 heavy (non-hydrogen) atoms. The molecule has 0 saturated heterocycles. The van der Waals surface area contributed by atoms with Gasteiger partial charge in [-0.3, -0.25) is 4.79 Å². The van der Waals surface area contributed by atoms with E-state index < -0.39 is 6.61 Å². The van der Waals surface area contributed by atoms with Crippen LogP contribution in [-0.4, -0.2) is 36.2 Å². The molecule has 1 aliphatic rings. The van der Waals surface area contributed by atoms with Crippen LogP contribution in [0.15, 0.2) is 42.5 Å². The lowest BCUT2D eigenvalue weighted by atomic mass is 10.2. The molecule has 3 aromatic rings. The highest BCUT2D eigenvalue weighted by atomic mass is 19.3. The number of carbonyl (C=O) groups is 1. The zero-order chi connectivity index (χ0) is 19.0. The van der Waals surface area contributed by atoms with E-state index in [0.717, 1.165) is 5.56 Å². The Labute approximate surface area is 153 Å². The van der Waals surface area contributed by atoms with E-state index in [1.807, 2.05) is 12.1 Å². The van der Waals surface area contributed by atoms with Gasteiger partial charge in [0.05, 0.1) is 0 Å².